The molecule has 0 unspecified atom stereocenters. The third kappa shape index (κ3) is 3.06. The van der Waals surface area contributed by atoms with Crippen LogP contribution in [0.3, 0.4) is 0 Å². The van der Waals surface area contributed by atoms with Crippen LogP contribution in [0.25, 0.3) is 0 Å². The number of likely N-dealkylation sites (N-methyl/N-ethyl adjacent to an activating group) is 1. The van der Waals surface area contributed by atoms with E-state index in [1.807, 2.05) is 0 Å². The normalized spacial score (nSPS) is 21.4. The fraction of sp³-hybridized carbons (Fsp3) is 0.571. The monoisotopic (exact) mass is 218 g/mol. The van der Waals surface area contributed by atoms with Crippen molar-refractivity contribution in [2.24, 2.45) is 0 Å². The number of hydrogen-bond donors (Lipinski definition) is 1. The molecule has 16 heavy (non-hydrogen) atoms. The van der Waals surface area contributed by atoms with Crippen molar-refractivity contribution < 1.29 is 0 Å². The van der Waals surface area contributed by atoms with Crippen LogP contribution in [0.1, 0.15) is 25.3 Å². The molecule has 1 fully saturated rings. The van der Waals surface area contributed by atoms with Crippen LogP contribution in [-0.4, -0.2) is 30.6 Å². The Kier molecular flexibility index (Phi) is 4.37. The lowest BCUT2D eigenvalue weighted by atomic mass is 10.2. The number of nitrogens with zero attached hydrogens (tertiary/aromatic N) is 1. The van der Waals surface area contributed by atoms with E-state index in [2.05, 4.69) is 47.5 Å². The molecule has 0 spiro atoms. The minimum absolute atomic E-state index is 0.736. The van der Waals surface area contributed by atoms with Crippen molar-refractivity contribution in [2.45, 2.75) is 32.4 Å². The molecule has 2 rings (SSSR count). The van der Waals surface area contributed by atoms with Gasteiger partial charge >= 0.3 is 0 Å². The molecule has 0 aliphatic carbocycles. The first kappa shape index (κ1) is 11.6. The summed E-state index contributed by atoms with van der Waals surface area (Å²) in [5.41, 5.74) is 1.44. The van der Waals surface area contributed by atoms with Gasteiger partial charge in [-0.15, -0.1) is 0 Å². The van der Waals surface area contributed by atoms with Crippen molar-refractivity contribution in [2.75, 3.05) is 19.6 Å². The molecule has 0 aromatic heterocycles. The van der Waals surface area contributed by atoms with E-state index in [4.69, 9.17) is 0 Å². The molecule has 1 atom stereocenters. The van der Waals surface area contributed by atoms with E-state index in [0.29, 0.717) is 0 Å². The summed E-state index contributed by atoms with van der Waals surface area (Å²) in [5, 5.41) is 3.46. The van der Waals surface area contributed by atoms with Gasteiger partial charge in [-0.3, -0.25) is 4.90 Å². The van der Waals surface area contributed by atoms with E-state index < -0.39 is 0 Å². The summed E-state index contributed by atoms with van der Waals surface area (Å²) in [5.74, 6) is 0. The van der Waals surface area contributed by atoms with Crippen molar-refractivity contribution >= 4 is 0 Å². The second kappa shape index (κ2) is 6.02. The second-order valence-electron chi connectivity index (χ2n) is 4.56. The summed E-state index contributed by atoms with van der Waals surface area (Å²) in [6.45, 7) is 6.76. The molecular formula is C14H22N2. The second-order valence-corrected chi connectivity index (χ2v) is 4.56. The molecule has 0 saturated carbocycles. The first-order valence-electron chi connectivity index (χ1n) is 6.39. The molecule has 1 aliphatic rings. The average Bonchev–Trinajstić information content (AvgIpc) is 2.75. The Morgan fingerprint density at radius 2 is 2.12 bits per heavy atom. The summed E-state index contributed by atoms with van der Waals surface area (Å²) in [7, 11) is 0. The van der Waals surface area contributed by atoms with Crippen LogP contribution in [-0.2, 0) is 6.54 Å². The van der Waals surface area contributed by atoms with Gasteiger partial charge in [0.25, 0.3) is 0 Å². The van der Waals surface area contributed by atoms with Crippen LogP contribution in [0.5, 0.6) is 0 Å². The zero-order chi connectivity index (χ0) is 11.2. The third-order valence-electron chi connectivity index (χ3n) is 3.36. The van der Waals surface area contributed by atoms with Crippen molar-refractivity contribution in [3.63, 3.8) is 0 Å². The molecule has 0 bridgehead atoms. The third-order valence-corrected chi connectivity index (χ3v) is 3.36. The van der Waals surface area contributed by atoms with Gasteiger partial charge in [0.1, 0.15) is 0 Å². The van der Waals surface area contributed by atoms with Crippen molar-refractivity contribution in [3.8, 4) is 0 Å². The molecule has 1 heterocycles. The Morgan fingerprint density at radius 3 is 2.88 bits per heavy atom. The quantitative estimate of drug-likeness (QED) is 0.815. The Balaban J connectivity index is 1.88. The molecule has 1 aliphatic heterocycles. The van der Waals surface area contributed by atoms with Gasteiger partial charge < -0.3 is 5.32 Å². The molecular weight excluding hydrogens is 196 g/mol. The number of nitrogens with one attached hydrogen (secondary N) is 1. The van der Waals surface area contributed by atoms with Crippen LogP contribution in [0.15, 0.2) is 30.3 Å². The van der Waals surface area contributed by atoms with Gasteiger partial charge in [-0.25, -0.2) is 0 Å². The van der Waals surface area contributed by atoms with E-state index in [9.17, 15) is 0 Å². The molecule has 2 nitrogen and oxygen atoms in total. The maximum absolute atomic E-state index is 3.46. The predicted octanol–water partition coefficient (Wildman–Crippen LogP) is 2.26. The van der Waals surface area contributed by atoms with E-state index in [0.717, 1.165) is 25.7 Å². The summed E-state index contributed by atoms with van der Waals surface area (Å²) >= 11 is 0. The smallest absolute Gasteiger partial charge is 0.0237 e. The number of likely N-dealkylation sites (tertiary alicyclic amines) is 1. The van der Waals surface area contributed by atoms with Crippen molar-refractivity contribution in [1.82, 2.24) is 10.2 Å². The summed E-state index contributed by atoms with van der Waals surface area (Å²) in [6, 6.07) is 11.5. The zero-order valence-electron chi connectivity index (χ0n) is 10.2. The van der Waals surface area contributed by atoms with Crippen molar-refractivity contribution in [3.05, 3.63) is 35.9 Å². The van der Waals surface area contributed by atoms with E-state index in [-0.39, 0.29) is 0 Å². The standard InChI is InChI=1S/C14H22N2/c1-2-15-11-14-9-6-10-16(14)12-13-7-4-3-5-8-13/h3-5,7-8,14-15H,2,6,9-12H2,1H3/t14-/m0/s1. The molecule has 2 heteroatoms. The van der Waals surface area contributed by atoms with E-state index in [1.54, 1.807) is 0 Å². The molecule has 0 radical (unpaired) electrons. The van der Waals surface area contributed by atoms with Crippen LogP contribution in [0.2, 0.25) is 0 Å². The lowest BCUT2D eigenvalue weighted by molar-refractivity contribution is 0.240. The van der Waals surface area contributed by atoms with Gasteiger partial charge in [-0.2, -0.15) is 0 Å². The Labute approximate surface area is 98.7 Å². The highest BCUT2D eigenvalue weighted by Crippen LogP contribution is 2.19. The van der Waals surface area contributed by atoms with Gasteiger partial charge in [-0.05, 0) is 31.5 Å². The topological polar surface area (TPSA) is 15.3 Å². The minimum Gasteiger partial charge on any atom is -0.315 e. The highest BCUT2D eigenvalue weighted by Gasteiger charge is 2.23. The number of benzene rings is 1. The van der Waals surface area contributed by atoms with Crippen molar-refractivity contribution in [1.29, 1.82) is 0 Å². The SMILES string of the molecule is CCNC[C@@H]1CCCN1Cc1ccccc1. The predicted molar refractivity (Wildman–Crippen MR) is 68.4 cm³/mol. The highest BCUT2D eigenvalue weighted by molar-refractivity contribution is 5.14. The lowest BCUT2D eigenvalue weighted by Crippen LogP contribution is -2.37. The summed E-state index contributed by atoms with van der Waals surface area (Å²) in [4.78, 5) is 2.61. The molecule has 88 valence electrons. The van der Waals surface area contributed by atoms with Gasteiger partial charge in [0.05, 0.1) is 0 Å². The minimum atomic E-state index is 0.736. The Bertz CT molecular complexity index is 297. The number of rotatable bonds is 5. The molecule has 1 aromatic carbocycles. The number of hydrogen-bond acceptors (Lipinski definition) is 2. The largest absolute Gasteiger partial charge is 0.315 e. The van der Waals surface area contributed by atoms with Gasteiger partial charge in [-0.1, -0.05) is 37.3 Å². The molecule has 1 aromatic rings. The molecule has 1 N–H and O–H groups in total. The van der Waals surface area contributed by atoms with Crippen LogP contribution in [0, 0.1) is 0 Å². The van der Waals surface area contributed by atoms with Gasteiger partial charge in [0.15, 0.2) is 0 Å². The van der Waals surface area contributed by atoms with Crippen LogP contribution in [0.4, 0.5) is 0 Å². The average molecular weight is 218 g/mol. The first-order valence-corrected chi connectivity index (χ1v) is 6.39. The molecule has 0 amide bonds. The van der Waals surface area contributed by atoms with Crippen LogP contribution < -0.4 is 5.32 Å². The summed E-state index contributed by atoms with van der Waals surface area (Å²) < 4.78 is 0. The fourth-order valence-corrected chi connectivity index (χ4v) is 2.46. The highest BCUT2D eigenvalue weighted by atomic mass is 15.2. The zero-order valence-corrected chi connectivity index (χ0v) is 10.2. The maximum Gasteiger partial charge on any atom is 0.0237 e. The first-order chi connectivity index (χ1) is 7.90. The summed E-state index contributed by atoms with van der Waals surface area (Å²) in [6.07, 6.45) is 2.70. The maximum atomic E-state index is 3.46. The van der Waals surface area contributed by atoms with E-state index >= 15 is 0 Å². The van der Waals surface area contributed by atoms with Gasteiger partial charge in [0, 0.05) is 19.1 Å². The Hall–Kier alpha value is -0.860. The van der Waals surface area contributed by atoms with Gasteiger partial charge in [0.2, 0.25) is 0 Å². The van der Waals surface area contributed by atoms with E-state index in [1.165, 1.54) is 24.9 Å². The Morgan fingerprint density at radius 1 is 1.31 bits per heavy atom. The fourth-order valence-electron chi connectivity index (χ4n) is 2.46. The molecule has 1 saturated heterocycles. The van der Waals surface area contributed by atoms with Crippen LogP contribution >= 0.6 is 0 Å². The lowest BCUT2D eigenvalue weighted by Gasteiger charge is -2.24.